The fourth-order valence-electron chi connectivity index (χ4n) is 1.40. The highest BCUT2D eigenvalue weighted by Gasteiger charge is 2.14. The molecule has 4 N–H and O–H groups in total. The summed E-state index contributed by atoms with van der Waals surface area (Å²) in [7, 11) is 0. The number of hydrogen-bond donors (Lipinski definition) is 2. The zero-order valence-corrected chi connectivity index (χ0v) is 9.44. The van der Waals surface area contributed by atoms with E-state index in [0.717, 1.165) is 17.0 Å². The van der Waals surface area contributed by atoms with Gasteiger partial charge in [0.2, 0.25) is 0 Å². The molecule has 0 spiro atoms. The van der Waals surface area contributed by atoms with E-state index in [0.29, 0.717) is 17.8 Å². The van der Waals surface area contributed by atoms with Crippen LogP contribution in [0.3, 0.4) is 0 Å². The van der Waals surface area contributed by atoms with Crippen molar-refractivity contribution in [3.8, 4) is 0 Å². The molecule has 0 heterocycles. The predicted octanol–water partition coefficient (Wildman–Crippen LogP) is 1.33. The predicted molar refractivity (Wildman–Crippen MR) is 65.7 cm³/mol. The van der Waals surface area contributed by atoms with Crippen molar-refractivity contribution in [2.24, 2.45) is 5.84 Å². The fourth-order valence-corrected chi connectivity index (χ4v) is 1.40. The summed E-state index contributed by atoms with van der Waals surface area (Å²) in [6.07, 6.45) is 2.45. The van der Waals surface area contributed by atoms with Crippen LogP contribution in [0.4, 0.5) is 5.69 Å². The van der Waals surface area contributed by atoms with Crippen LogP contribution in [0.25, 0.3) is 0 Å². The summed E-state index contributed by atoms with van der Waals surface area (Å²) >= 11 is 0. The van der Waals surface area contributed by atoms with Crippen LogP contribution in [0.1, 0.15) is 22.8 Å². The van der Waals surface area contributed by atoms with Gasteiger partial charge in [-0.25, -0.2) is 5.84 Å². The molecular weight excluding hydrogens is 202 g/mol. The van der Waals surface area contributed by atoms with E-state index in [2.05, 4.69) is 6.58 Å². The number of aryl methyl sites for hydroxylation is 1. The molecule has 0 aromatic heterocycles. The molecule has 0 aliphatic carbocycles. The Morgan fingerprint density at radius 1 is 1.56 bits per heavy atom. The summed E-state index contributed by atoms with van der Waals surface area (Å²) in [6, 6.07) is 5.39. The molecule has 1 aromatic rings. The molecule has 0 fully saturated rings. The smallest absolute Gasteiger partial charge is 0.270 e. The van der Waals surface area contributed by atoms with Crippen molar-refractivity contribution >= 4 is 11.6 Å². The van der Waals surface area contributed by atoms with E-state index in [1.54, 1.807) is 18.2 Å². The minimum atomic E-state index is -0.292. The van der Waals surface area contributed by atoms with Gasteiger partial charge in [-0.05, 0) is 24.1 Å². The third-order valence-electron chi connectivity index (χ3n) is 2.34. The lowest BCUT2D eigenvalue weighted by Crippen LogP contribution is -2.37. The molecule has 0 saturated carbocycles. The number of benzene rings is 1. The van der Waals surface area contributed by atoms with Crippen molar-refractivity contribution in [3.63, 3.8) is 0 Å². The van der Waals surface area contributed by atoms with Crippen LogP contribution >= 0.6 is 0 Å². The maximum atomic E-state index is 11.8. The summed E-state index contributed by atoms with van der Waals surface area (Å²) in [6.45, 7) is 5.85. The van der Waals surface area contributed by atoms with Crippen LogP contribution < -0.4 is 11.6 Å². The summed E-state index contributed by atoms with van der Waals surface area (Å²) in [5.74, 6) is 5.26. The Balaban J connectivity index is 2.95. The molecule has 4 heteroatoms. The zero-order chi connectivity index (χ0) is 12.1. The van der Waals surface area contributed by atoms with E-state index in [-0.39, 0.29) is 5.91 Å². The second-order valence-electron chi connectivity index (χ2n) is 3.52. The highest BCUT2D eigenvalue weighted by Crippen LogP contribution is 2.16. The Hall–Kier alpha value is -1.81. The summed E-state index contributed by atoms with van der Waals surface area (Å²) in [5, 5.41) is 1.09. The van der Waals surface area contributed by atoms with Crippen molar-refractivity contribution in [2.45, 2.75) is 13.3 Å². The Labute approximate surface area is 95.5 Å². The molecule has 16 heavy (non-hydrogen) atoms. The number of carbonyl (C=O) groups excluding carboxylic acids is 1. The number of rotatable bonds is 4. The highest BCUT2D eigenvalue weighted by molar-refractivity contribution is 5.98. The topological polar surface area (TPSA) is 72.3 Å². The average molecular weight is 219 g/mol. The summed E-state index contributed by atoms with van der Waals surface area (Å²) < 4.78 is 0. The number of hydrogen-bond acceptors (Lipinski definition) is 3. The number of anilines is 1. The number of nitrogens with two attached hydrogens (primary N) is 2. The quantitative estimate of drug-likeness (QED) is 0.264. The fraction of sp³-hybridized carbons (Fsp3) is 0.250. The Morgan fingerprint density at radius 2 is 2.25 bits per heavy atom. The number of carbonyl (C=O) groups is 1. The monoisotopic (exact) mass is 219 g/mol. The lowest BCUT2D eigenvalue weighted by molar-refractivity contribution is 0.0775. The van der Waals surface area contributed by atoms with Gasteiger partial charge >= 0.3 is 0 Å². The summed E-state index contributed by atoms with van der Waals surface area (Å²) in [4.78, 5) is 11.8. The Kier molecular flexibility index (Phi) is 4.08. The van der Waals surface area contributed by atoms with Crippen LogP contribution in [0.2, 0.25) is 0 Å². The molecular formula is C12H17N3O. The third kappa shape index (κ3) is 2.61. The first-order valence-electron chi connectivity index (χ1n) is 5.16. The minimum absolute atomic E-state index is 0.292. The summed E-state index contributed by atoms with van der Waals surface area (Å²) in [5.41, 5.74) is 7.80. The lowest BCUT2D eigenvalue weighted by Gasteiger charge is -2.15. The van der Waals surface area contributed by atoms with Gasteiger partial charge in [0.1, 0.15) is 0 Å². The number of nitrogen functional groups attached to an aromatic ring is 1. The lowest BCUT2D eigenvalue weighted by atomic mass is 10.1. The SMILES string of the molecule is C=CCN(N)C(=O)c1ccc(CC)cc1N. The molecule has 1 aromatic carbocycles. The van der Waals surface area contributed by atoms with Gasteiger partial charge in [-0.15, -0.1) is 6.58 Å². The van der Waals surface area contributed by atoms with Crippen molar-refractivity contribution in [2.75, 3.05) is 12.3 Å². The maximum absolute atomic E-state index is 11.8. The van der Waals surface area contributed by atoms with Gasteiger partial charge in [0, 0.05) is 5.69 Å². The number of hydrazine groups is 1. The van der Waals surface area contributed by atoms with Crippen molar-refractivity contribution in [3.05, 3.63) is 42.0 Å². The minimum Gasteiger partial charge on any atom is -0.398 e. The number of amides is 1. The molecule has 0 unspecified atom stereocenters. The van der Waals surface area contributed by atoms with E-state index in [1.165, 1.54) is 0 Å². The third-order valence-corrected chi connectivity index (χ3v) is 2.34. The second kappa shape index (κ2) is 5.32. The standard InChI is InChI=1S/C12H17N3O/c1-3-7-15(14)12(16)10-6-5-9(4-2)8-11(10)13/h3,5-6,8H,1,4,7,13-14H2,2H3. The maximum Gasteiger partial charge on any atom is 0.270 e. The highest BCUT2D eigenvalue weighted by atomic mass is 16.2. The Morgan fingerprint density at radius 3 is 2.75 bits per heavy atom. The Bertz CT molecular complexity index is 401. The van der Waals surface area contributed by atoms with Crippen molar-refractivity contribution < 1.29 is 4.79 Å². The van der Waals surface area contributed by atoms with E-state index in [1.807, 2.05) is 13.0 Å². The van der Waals surface area contributed by atoms with Crippen molar-refractivity contribution in [1.82, 2.24) is 5.01 Å². The molecule has 0 atom stereocenters. The molecule has 0 bridgehead atoms. The van der Waals surface area contributed by atoms with E-state index < -0.39 is 0 Å². The van der Waals surface area contributed by atoms with Crippen molar-refractivity contribution in [1.29, 1.82) is 0 Å². The molecule has 4 nitrogen and oxygen atoms in total. The molecule has 1 amide bonds. The molecule has 0 saturated heterocycles. The molecule has 0 radical (unpaired) electrons. The van der Waals surface area contributed by atoms with E-state index >= 15 is 0 Å². The largest absolute Gasteiger partial charge is 0.398 e. The van der Waals surface area contributed by atoms with Gasteiger partial charge in [0.05, 0.1) is 12.1 Å². The van der Waals surface area contributed by atoms with E-state index in [4.69, 9.17) is 11.6 Å². The zero-order valence-electron chi connectivity index (χ0n) is 9.44. The van der Waals surface area contributed by atoms with Crippen LogP contribution in [-0.2, 0) is 6.42 Å². The first kappa shape index (κ1) is 12.3. The second-order valence-corrected chi connectivity index (χ2v) is 3.52. The molecule has 0 aliphatic heterocycles. The van der Waals surface area contributed by atoms with Gasteiger partial charge in [0.15, 0.2) is 0 Å². The van der Waals surface area contributed by atoms with Gasteiger partial charge in [-0.3, -0.25) is 9.80 Å². The molecule has 0 aliphatic rings. The van der Waals surface area contributed by atoms with Crippen LogP contribution in [0, 0.1) is 0 Å². The number of nitrogens with zero attached hydrogens (tertiary/aromatic N) is 1. The van der Waals surface area contributed by atoms with Crippen LogP contribution in [-0.4, -0.2) is 17.5 Å². The van der Waals surface area contributed by atoms with Crippen LogP contribution in [0.5, 0.6) is 0 Å². The van der Waals surface area contributed by atoms with Gasteiger partial charge in [-0.1, -0.05) is 19.1 Å². The molecule has 1 rings (SSSR count). The van der Waals surface area contributed by atoms with Gasteiger partial charge in [0.25, 0.3) is 5.91 Å². The normalized spacial score (nSPS) is 9.88. The first-order valence-corrected chi connectivity index (χ1v) is 5.16. The van der Waals surface area contributed by atoms with Gasteiger partial charge in [-0.2, -0.15) is 0 Å². The van der Waals surface area contributed by atoms with Gasteiger partial charge < -0.3 is 5.73 Å². The average Bonchev–Trinajstić information content (AvgIpc) is 2.28. The molecule has 86 valence electrons. The van der Waals surface area contributed by atoms with Crippen LogP contribution in [0.15, 0.2) is 30.9 Å². The van der Waals surface area contributed by atoms with E-state index in [9.17, 15) is 4.79 Å². The first-order chi connectivity index (χ1) is 7.60.